The molecular weight excluding hydrogens is 677 g/mol. The van der Waals surface area contributed by atoms with E-state index in [0.717, 1.165) is 0 Å². The maximum atomic E-state index is 12.7. The van der Waals surface area contributed by atoms with Crippen molar-refractivity contribution in [3.05, 3.63) is 72.8 Å². The number of ether oxygens (including phenoxy) is 4. The lowest BCUT2D eigenvalue weighted by Crippen LogP contribution is -2.50. The van der Waals surface area contributed by atoms with Gasteiger partial charge in [0.2, 0.25) is 20.0 Å². The third-order valence-corrected chi connectivity index (χ3v) is 6.34. The van der Waals surface area contributed by atoms with Gasteiger partial charge < -0.3 is 29.6 Å². The number of urea groups is 2. The van der Waals surface area contributed by atoms with Crippen LogP contribution in [0.25, 0.3) is 0 Å². The molecule has 0 aliphatic heterocycles. The first-order chi connectivity index (χ1) is 19.8. The van der Waals surface area contributed by atoms with Crippen molar-refractivity contribution in [1.29, 1.82) is 0 Å². The highest BCUT2D eigenvalue weighted by Crippen LogP contribution is 2.38. The number of rotatable bonds is 10. The number of benzene rings is 3. The van der Waals surface area contributed by atoms with Crippen molar-refractivity contribution in [2.24, 2.45) is 0 Å². The van der Waals surface area contributed by atoms with E-state index >= 15 is 0 Å². The number of carbonyl (C=O) groups excluding carboxylic acids is 2. The fourth-order valence-electron chi connectivity index (χ4n) is 3.18. The molecule has 0 aliphatic carbocycles. The number of amides is 4. The topological polar surface area (TPSA) is 119 Å². The summed E-state index contributed by atoms with van der Waals surface area (Å²) in [6, 6.07) is 17.6. The van der Waals surface area contributed by atoms with Gasteiger partial charge in [0.05, 0.1) is 14.2 Å². The van der Waals surface area contributed by atoms with Gasteiger partial charge in [-0.15, -0.1) is 0 Å². The van der Waals surface area contributed by atoms with Crippen molar-refractivity contribution in [2.45, 2.75) is 20.0 Å². The van der Waals surface area contributed by atoms with Crippen molar-refractivity contribution in [2.75, 3.05) is 24.9 Å². The molecule has 10 nitrogen and oxygen atoms in total. The van der Waals surface area contributed by atoms with E-state index < -0.39 is 32.1 Å². The Hall–Kier alpha value is -2.86. The van der Waals surface area contributed by atoms with Crippen molar-refractivity contribution < 1.29 is 28.5 Å². The Morgan fingerprint density at radius 3 is 1.21 bits per heavy atom. The van der Waals surface area contributed by atoms with Gasteiger partial charge in [-0.1, -0.05) is 81.7 Å². The molecule has 42 heavy (non-hydrogen) atoms. The lowest BCUT2D eigenvalue weighted by molar-refractivity contribution is 0.140. The molecule has 0 heterocycles. The number of hydrogen-bond acceptors (Lipinski definition) is 6. The van der Waals surface area contributed by atoms with Crippen LogP contribution in [0.4, 0.5) is 21.0 Å². The molecule has 3 rings (SSSR count). The quantitative estimate of drug-likeness (QED) is 0.129. The van der Waals surface area contributed by atoms with Crippen LogP contribution in [0.2, 0.25) is 0 Å². The number of carbonyl (C=O) groups is 2. The zero-order chi connectivity index (χ0) is 30.9. The first-order valence-electron chi connectivity index (χ1n) is 11.8. The molecule has 2 atom stereocenters. The molecule has 0 aromatic heterocycles. The zero-order valence-corrected chi connectivity index (χ0v) is 26.3. The van der Waals surface area contributed by atoms with Crippen molar-refractivity contribution >= 4 is 93.0 Å². The molecule has 3 aromatic rings. The van der Waals surface area contributed by atoms with Crippen LogP contribution in [0.3, 0.4) is 0 Å². The molecule has 0 fully saturated rings. The predicted molar refractivity (Wildman–Crippen MR) is 166 cm³/mol. The molecule has 226 valence electrons. The molecule has 0 aliphatic rings. The molecule has 0 unspecified atom stereocenters. The number of methoxy groups -OCH3 is 2. The average Bonchev–Trinajstić information content (AvgIpc) is 2.93. The Bertz CT molecular complexity index is 1230. The number of alkyl halides is 6. The SMILES string of the molecule is COc1ccc(NC(=O)N[C@H](Oc2ccccc2O[C@@H](NC(=O)Nc2ccc(OC)cc2)C(Cl)(Cl)Cl)C(Cl)(Cl)Cl)cc1. The van der Waals surface area contributed by atoms with Crippen molar-refractivity contribution in [3.63, 3.8) is 0 Å². The highest BCUT2D eigenvalue weighted by Gasteiger charge is 2.39. The lowest BCUT2D eigenvalue weighted by atomic mass is 10.3. The van der Waals surface area contributed by atoms with Gasteiger partial charge in [0.15, 0.2) is 11.5 Å². The van der Waals surface area contributed by atoms with Crippen LogP contribution < -0.4 is 40.2 Å². The van der Waals surface area contributed by atoms with E-state index in [9.17, 15) is 9.59 Å². The first-order valence-corrected chi connectivity index (χ1v) is 14.0. The molecular formula is C26H24Cl6N4O6. The summed E-state index contributed by atoms with van der Waals surface area (Å²) in [6.07, 6.45) is -3.05. The largest absolute Gasteiger partial charge is 0.497 e. The molecule has 3 aromatic carbocycles. The Morgan fingerprint density at radius 2 is 0.929 bits per heavy atom. The van der Waals surface area contributed by atoms with Gasteiger partial charge in [0, 0.05) is 11.4 Å². The van der Waals surface area contributed by atoms with Crippen LogP contribution in [-0.2, 0) is 0 Å². The molecule has 0 saturated heterocycles. The first kappa shape index (κ1) is 33.6. The second-order valence-electron chi connectivity index (χ2n) is 8.18. The van der Waals surface area contributed by atoms with E-state index in [1.807, 2.05) is 0 Å². The van der Waals surface area contributed by atoms with Gasteiger partial charge in [-0.2, -0.15) is 0 Å². The Labute approximate surface area is 271 Å². The highest BCUT2D eigenvalue weighted by molar-refractivity contribution is 6.68. The van der Waals surface area contributed by atoms with Crippen LogP contribution >= 0.6 is 69.6 Å². The minimum absolute atomic E-state index is 0.0183. The van der Waals surface area contributed by atoms with Crippen LogP contribution in [0, 0.1) is 0 Å². The fraction of sp³-hybridized carbons (Fsp3) is 0.231. The Kier molecular flexibility index (Phi) is 12.0. The van der Waals surface area contributed by atoms with E-state index in [-0.39, 0.29) is 11.5 Å². The second-order valence-corrected chi connectivity index (χ2v) is 12.9. The van der Waals surface area contributed by atoms with E-state index in [2.05, 4.69) is 21.3 Å². The van der Waals surface area contributed by atoms with Crippen molar-refractivity contribution in [1.82, 2.24) is 10.6 Å². The average molecular weight is 701 g/mol. The predicted octanol–water partition coefficient (Wildman–Crippen LogP) is 7.50. The minimum Gasteiger partial charge on any atom is -0.497 e. The zero-order valence-electron chi connectivity index (χ0n) is 21.8. The molecule has 0 saturated carbocycles. The number of anilines is 2. The Morgan fingerprint density at radius 1 is 0.595 bits per heavy atom. The van der Waals surface area contributed by atoms with E-state index in [1.165, 1.54) is 26.4 Å². The summed E-state index contributed by atoms with van der Waals surface area (Å²) in [5.74, 6) is 1.16. The van der Waals surface area contributed by atoms with Crippen LogP contribution in [-0.4, -0.2) is 46.3 Å². The van der Waals surface area contributed by atoms with Gasteiger partial charge in [-0.3, -0.25) is 10.6 Å². The summed E-state index contributed by atoms with van der Waals surface area (Å²) in [5.41, 5.74) is 0.870. The molecule has 0 spiro atoms. The van der Waals surface area contributed by atoms with Crippen LogP contribution in [0.15, 0.2) is 72.8 Å². The fourth-order valence-corrected chi connectivity index (χ4v) is 3.77. The van der Waals surface area contributed by atoms with Gasteiger partial charge in [-0.25, -0.2) is 9.59 Å². The normalized spacial score (nSPS) is 12.8. The van der Waals surface area contributed by atoms with E-state index in [0.29, 0.717) is 22.9 Å². The van der Waals surface area contributed by atoms with Gasteiger partial charge in [0.25, 0.3) is 0 Å². The van der Waals surface area contributed by atoms with Crippen LogP contribution in [0.1, 0.15) is 0 Å². The smallest absolute Gasteiger partial charge is 0.322 e. The van der Waals surface area contributed by atoms with Crippen molar-refractivity contribution in [3.8, 4) is 23.0 Å². The molecule has 16 heteroatoms. The Balaban J connectivity index is 1.73. The van der Waals surface area contributed by atoms with E-state index in [4.69, 9.17) is 88.6 Å². The van der Waals surface area contributed by atoms with Gasteiger partial charge in [0.1, 0.15) is 11.5 Å². The summed E-state index contributed by atoms with van der Waals surface area (Å²) in [6.45, 7) is 0. The maximum Gasteiger partial charge on any atom is 0.322 e. The lowest BCUT2D eigenvalue weighted by Gasteiger charge is -2.29. The summed E-state index contributed by atoms with van der Waals surface area (Å²) >= 11 is 36.6. The summed E-state index contributed by atoms with van der Waals surface area (Å²) in [4.78, 5) is 25.3. The third-order valence-electron chi connectivity index (χ3n) is 5.15. The third kappa shape index (κ3) is 10.4. The van der Waals surface area contributed by atoms with E-state index in [1.54, 1.807) is 60.7 Å². The monoisotopic (exact) mass is 698 g/mol. The van der Waals surface area contributed by atoms with Gasteiger partial charge in [-0.05, 0) is 60.7 Å². The summed E-state index contributed by atoms with van der Waals surface area (Å²) in [7, 11) is 3.03. The highest BCUT2D eigenvalue weighted by atomic mass is 35.6. The number of para-hydroxylation sites is 2. The summed E-state index contributed by atoms with van der Waals surface area (Å²) < 4.78 is 17.5. The molecule has 0 bridgehead atoms. The molecule has 0 radical (unpaired) electrons. The maximum absolute atomic E-state index is 12.7. The van der Waals surface area contributed by atoms with Gasteiger partial charge >= 0.3 is 12.1 Å². The second kappa shape index (κ2) is 15.0. The number of hydrogen-bond donors (Lipinski definition) is 4. The number of nitrogens with one attached hydrogen (secondary N) is 4. The van der Waals surface area contributed by atoms with Crippen LogP contribution in [0.5, 0.6) is 23.0 Å². The summed E-state index contributed by atoms with van der Waals surface area (Å²) in [5, 5.41) is 10.1. The molecule has 4 N–H and O–H groups in total. The molecule has 4 amide bonds. The minimum atomic E-state index is -2.14. The standard InChI is InChI=1S/C26H24Cl6N4O6/c1-39-17-11-7-15(8-12-17)33-23(37)35-21(25(27,28)29)41-19-5-3-4-6-20(19)42-22(26(30,31)32)36-24(38)34-16-9-13-18(40-2)14-10-16/h3-14,21-22H,1-2H3,(H2,33,35,37)(H2,34,36,38)/t21-,22-/m1/s1. The number of halogens is 6.